The number of hydrogen-bond acceptors (Lipinski definition) is 5. The van der Waals surface area contributed by atoms with Gasteiger partial charge in [-0.05, 0) is 71.8 Å². The molecule has 3 heterocycles. The summed E-state index contributed by atoms with van der Waals surface area (Å²) in [4.78, 5) is 34.8. The third kappa shape index (κ3) is 5.21. The molecule has 0 aromatic heterocycles. The van der Waals surface area contributed by atoms with Gasteiger partial charge in [0.15, 0.2) is 0 Å². The Hall–Kier alpha value is -1.83. The lowest BCUT2D eigenvalue weighted by molar-refractivity contribution is -0.146. The maximum atomic E-state index is 13.0. The summed E-state index contributed by atoms with van der Waals surface area (Å²) in [7, 11) is 3.88. The van der Waals surface area contributed by atoms with Crippen molar-refractivity contribution in [1.29, 1.82) is 0 Å². The summed E-state index contributed by atoms with van der Waals surface area (Å²) in [5.74, 6) is 0.349. The Morgan fingerprint density at radius 2 is 1.82 bits per heavy atom. The number of likely N-dealkylation sites (N-methyl/N-ethyl adjacent to an activating group) is 1. The summed E-state index contributed by atoms with van der Waals surface area (Å²) in [5, 5.41) is 4.07. The van der Waals surface area contributed by atoms with Crippen LogP contribution in [-0.2, 0) is 9.59 Å². The molecule has 7 nitrogen and oxygen atoms in total. The van der Waals surface area contributed by atoms with Crippen molar-refractivity contribution in [1.82, 2.24) is 20.0 Å². The van der Waals surface area contributed by atoms with Crippen molar-refractivity contribution in [3.63, 3.8) is 0 Å². The second kappa shape index (κ2) is 10.0. The topological polar surface area (TPSA) is 59.1 Å². The van der Waals surface area contributed by atoms with Gasteiger partial charge in [-0.15, -0.1) is 0 Å². The van der Waals surface area contributed by atoms with E-state index in [1.165, 1.54) is 5.69 Å². The van der Waals surface area contributed by atoms with Crippen LogP contribution >= 0.6 is 11.6 Å². The molecule has 2 amide bonds. The molecule has 3 saturated heterocycles. The third-order valence-corrected chi connectivity index (χ3v) is 8.68. The number of nitrogens with zero attached hydrogens (tertiary/aromatic N) is 4. The van der Waals surface area contributed by atoms with Crippen molar-refractivity contribution in [3.05, 3.63) is 29.3 Å². The molecule has 3 aliphatic rings. The standard InChI is InChI=1S/C26H40ClN5O2/c1-25(2,29(3)4)24(34)32-12-9-26(10-13-32)19-21(28-23(26)33)8-11-30-14-16-31(17-15-30)22-7-5-6-20(27)18-22/h5-7,18,21H,8-17,19H2,1-4H3,(H,28,33). The Kier molecular flexibility index (Phi) is 7.46. The minimum absolute atomic E-state index is 0.152. The molecule has 3 fully saturated rings. The first-order valence-corrected chi connectivity index (χ1v) is 13.0. The molecular weight excluding hydrogens is 450 g/mol. The SMILES string of the molecule is CN(C)C(C)(C)C(=O)N1CCC2(CC1)CC(CCN1CCN(c3cccc(Cl)c3)CC1)NC2=O. The van der Waals surface area contributed by atoms with Crippen molar-refractivity contribution in [2.75, 3.05) is 64.8 Å². The molecule has 1 unspecified atom stereocenters. The largest absolute Gasteiger partial charge is 0.369 e. The summed E-state index contributed by atoms with van der Waals surface area (Å²) in [6, 6.07) is 8.31. The molecule has 188 valence electrons. The highest BCUT2D eigenvalue weighted by atomic mass is 35.5. The summed E-state index contributed by atoms with van der Waals surface area (Å²) >= 11 is 6.15. The number of rotatable bonds is 6. The Balaban J connectivity index is 1.23. The highest BCUT2D eigenvalue weighted by Gasteiger charge is 2.49. The number of halogens is 1. The molecule has 1 aromatic carbocycles. The van der Waals surface area contributed by atoms with E-state index < -0.39 is 5.54 Å². The lowest BCUT2D eigenvalue weighted by atomic mass is 9.75. The van der Waals surface area contributed by atoms with Crippen LogP contribution in [0.2, 0.25) is 5.02 Å². The maximum absolute atomic E-state index is 13.0. The fourth-order valence-electron chi connectivity index (χ4n) is 5.52. The zero-order valence-corrected chi connectivity index (χ0v) is 21.9. The number of carbonyl (C=O) groups is 2. The quantitative estimate of drug-likeness (QED) is 0.665. The number of likely N-dealkylation sites (tertiary alicyclic amines) is 1. The molecule has 1 N–H and O–H groups in total. The zero-order valence-electron chi connectivity index (χ0n) is 21.1. The third-order valence-electron chi connectivity index (χ3n) is 8.44. The number of nitrogens with one attached hydrogen (secondary N) is 1. The van der Waals surface area contributed by atoms with Gasteiger partial charge < -0.3 is 15.1 Å². The number of piperidine rings is 1. The first-order chi connectivity index (χ1) is 16.1. The smallest absolute Gasteiger partial charge is 0.242 e. The van der Waals surface area contributed by atoms with Gasteiger partial charge in [0.25, 0.3) is 0 Å². The van der Waals surface area contributed by atoms with Crippen LogP contribution < -0.4 is 10.2 Å². The first kappa shape index (κ1) is 25.3. The number of carbonyl (C=O) groups excluding carboxylic acids is 2. The fourth-order valence-corrected chi connectivity index (χ4v) is 5.70. The minimum Gasteiger partial charge on any atom is -0.369 e. The van der Waals surface area contributed by atoms with Crippen molar-refractivity contribution in [3.8, 4) is 0 Å². The van der Waals surface area contributed by atoms with E-state index >= 15 is 0 Å². The van der Waals surface area contributed by atoms with Gasteiger partial charge in [0.05, 0.1) is 11.0 Å². The van der Waals surface area contributed by atoms with Crippen LogP contribution in [0.4, 0.5) is 5.69 Å². The molecule has 3 aliphatic heterocycles. The number of amides is 2. The normalized spacial score (nSPS) is 23.6. The minimum atomic E-state index is -0.526. The lowest BCUT2D eigenvalue weighted by Crippen LogP contribution is -2.56. The Morgan fingerprint density at radius 1 is 1.15 bits per heavy atom. The van der Waals surface area contributed by atoms with E-state index in [1.807, 2.05) is 55.9 Å². The van der Waals surface area contributed by atoms with E-state index in [-0.39, 0.29) is 23.3 Å². The van der Waals surface area contributed by atoms with Crippen LogP contribution in [0.25, 0.3) is 0 Å². The summed E-state index contributed by atoms with van der Waals surface area (Å²) < 4.78 is 0. The molecule has 0 radical (unpaired) electrons. The molecule has 0 aliphatic carbocycles. The van der Waals surface area contributed by atoms with Crippen molar-refractivity contribution in [2.24, 2.45) is 5.41 Å². The average Bonchev–Trinajstić information content (AvgIpc) is 3.12. The van der Waals surface area contributed by atoms with Crippen molar-refractivity contribution in [2.45, 2.75) is 51.1 Å². The van der Waals surface area contributed by atoms with Gasteiger partial charge >= 0.3 is 0 Å². The Morgan fingerprint density at radius 3 is 2.44 bits per heavy atom. The van der Waals surface area contributed by atoms with Crippen LogP contribution in [0, 0.1) is 5.41 Å². The maximum Gasteiger partial charge on any atom is 0.242 e. The highest BCUT2D eigenvalue weighted by molar-refractivity contribution is 6.30. The highest BCUT2D eigenvalue weighted by Crippen LogP contribution is 2.41. The number of benzene rings is 1. The van der Waals surface area contributed by atoms with Gasteiger partial charge in [0, 0.05) is 62.6 Å². The van der Waals surface area contributed by atoms with Gasteiger partial charge in [-0.3, -0.25) is 19.4 Å². The van der Waals surface area contributed by atoms with Crippen LogP contribution in [-0.4, -0.2) is 98.0 Å². The number of hydrogen-bond donors (Lipinski definition) is 1. The van der Waals surface area contributed by atoms with Crippen LogP contribution in [0.15, 0.2) is 24.3 Å². The number of piperazine rings is 1. The van der Waals surface area contributed by atoms with Crippen LogP contribution in [0.5, 0.6) is 0 Å². The second-order valence-corrected chi connectivity index (χ2v) is 11.4. The van der Waals surface area contributed by atoms with Crippen LogP contribution in [0.1, 0.15) is 39.5 Å². The number of anilines is 1. The molecule has 1 atom stereocenters. The molecular formula is C26H40ClN5O2. The van der Waals surface area contributed by atoms with E-state index in [0.717, 1.165) is 63.4 Å². The van der Waals surface area contributed by atoms with E-state index in [0.29, 0.717) is 13.1 Å². The zero-order chi connectivity index (χ0) is 24.5. The predicted octanol–water partition coefficient (Wildman–Crippen LogP) is 2.69. The average molecular weight is 490 g/mol. The summed E-state index contributed by atoms with van der Waals surface area (Å²) in [6.07, 6.45) is 3.42. The molecule has 4 rings (SSSR count). The van der Waals surface area contributed by atoms with Crippen molar-refractivity contribution >= 4 is 29.1 Å². The Bertz CT molecular complexity index is 889. The Labute approximate surface area is 209 Å². The van der Waals surface area contributed by atoms with Gasteiger partial charge in [0.2, 0.25) is 11.8 Å². The summed E-state index contributed by atoms with van der Waals surface area (Å²) in [5.41, 5.74) is 0.368. The van der Waals surface area contributed by atoms with E-state index in [2.05, 4.69) is 21.2 Å². The van der Waals surface area contributed by atoms with Gasteiger partial charge in [-0.25, -0.2) is 0 Å². The molecule has 8 heteroatoms. The van der Waals surface area contributed by atoms with Crippen LogP contribution in [0.3, 0.4) is 0 Å². The molecule has 1 aromatic rings. The molecule has 0 saturated carbocycles. The van der Waals surface area contributed by atoms with Gasteiger partial charge in [-0.2, -0.15) is 0 Å². The second-order valence-electron chi connectivity index (χ2n) is 11.0. The van der Waals surface area contributed by atoms with E-state index in [9.17, 15) is 9.59 Å². The monoisotopic (exact) mass is 489 g/mol. The first-order valence-electron chi connectivity index (χ1n) is 12.6. The van der Waals surface area contributed by atoms with Crippen molar-refractivity contribution < 1.29 is 9.59 Å². The predicted molar refractivity (Wildman–Crippen MR) is 137 cm³/mol. The molecule has 1 spiro atoms. The molecule has 34 heavy (non-hydrogen) atoms. The van der Waals surface area contributed by atoms with E-state index in [4.69, 9.17) is 11.6 Å². The van der Waals surface area contributed by atoms with Gasteiger partial charge in [-0.1, -0.05) is 17.7 Å². The fraction of sp³-hybridized carbons (Fsp3) is 0.692. The van der Waals surface area contributed by atoms with Gasteiger partial charge in [0.1, 0.15) is 0 Å². The summed E-state index contributed by atoms with van der Waals surface area (Å²) in [6.45, 7) is 10.3. The lowest BCUT2D eigenvalue weighted by Gasteiger charge is -2.42. The van der Waals surface area contributed by atoms with E-state index in [1.54, 1.807) is 0 Å². The molecule has 0 bridgehead atoms.